The fourth-order valence-electron chi connectivity index (χ4n) is 3.33. The molecule has 1 N–H and O–H groups in total. The summed E-state index contributed by atoms with van der Waals surface area (Å²) >= 11 is 0. The first-order chi connectivity index (χ1) is 11.8. The van der Waals surface area contributed by atoms with E-state index in [2.05, 4.69) is 17.0 Å². The number of ether oxygens (including phenoxy) is 1. The van der Waals surface area contributed by atoms with E-state index in [-0.39, 0.29) is 12.4 Å². The van der Waals surface area contributed by atoms with Gasteiger partial charge in [-0.2, -0.15) is 0 Å². The molecule has 1 heterocycles. The van der Waals surface area contributed by atoms with Crippen molar-refractivity contribution in [3.05, 3.63) is 65.5 Å². The summed E-state index contributed by atoms with van der Waals surface area (Å²) in [6.45, 7) is 2.28. The molecule has 0 spiro atoms. The highest BCUT2D eigenvalue weighted by molar-refractivity contribution is 5.28. The van der Waals surface area contributed by atoms with Crippen molar-refractivity contribution in [1.82, 2.24) is 4.90 Å². The summed E-state index contributed by atoms with van der Waals surface area (Å²) < 4.78 is 18.6. The van der Waals surface area contributed by atoms with Crippen LogP contribution >= 0.6 is 0 Å². The lowest BCUT2D eigenvalue weighted by Crippen LogP contribution is -2.32. The molecule has 0 aliphatic carbocycles. The SMILES string of the molecule is OCCOc1ccc(CN2CCCC[C@@H]2c2ccc(F)cc2)cc1. The minimum atomic E-state index is -0.181. The summed E-state index contributed by atoms with van der Waals surface area (Å²) in [5, 5.41) is 8.80. The van der Waals surface area contributed by atoms with Gasteiger partial charge in [0.15, 0.2) is 0 Å². The number of likely N-dealkylation sites (tertiary alicyclic amines) is 1. The Hall–Kier alpha value is -1.91. The highest BCUT2D eigenvalue weighted by Crippen LogP contribution is 2.32. The fourth-order valence-corrected chi connectivity index (χ4v) is 3.33. The van der Waals surface area contributed by atoms with E-state index in [1.165, 1.54) is 24.0 Å². The van der Waals surface area contributed by atoms with Gasteiger partial charge in [-0.15, -0.1) is 0 Å². The fraction of sp³-hybridized carbons (Fsp3) is 0.400. The normalized spacial score (nSPS) is 18.5. The quantitative estimate of drug-likeness (QED) is 0.872. The summed E-state index contributed by atoms with van der Waals surface area (Å²) in [7, 11) is 0. The van der Waals surface area contributed by atoms with Gasteiger partial charge >= 0.3 is 0 Å². The van der Waals surface area contributed by atoms with Crippen LogP contribution in [-0.2, 0) is 6.54 Å². The number of hydrogen-bond donors (Lipinski definition) is 1. The van der Waals surface area contributed by atoms with E-state index in [1.807, 2.05) is 24.3 Å². The second-order valence-corrected chi connectivity index (χ2v) is 6.25. The van der Waals surface area contributed by atoms with Crippen LogP contribution in [0.15, 0.2) is 48.5 Å². The molecule has 1 aliphatic heterocycles. The second kappa shape index (κ2) is 8.27. The average molecular weight is 329 g/mol. The van der Waals surface area contributed by atoms with Crippen LogP contribution in [0.25, 0.3) is 0 Å². The van der Waals surface area contributed by atoms with Gasteiger partial charge in [0, 0.05) is 12.6 Å². The molecular weight excluding hydrogens is 305 g/mol. The molecule has 0 bridgehead atoms. The Morgan fingerprint density at radius 1 is 1.04 bits per heavy atom. The molecule has 3 nitrogen and oxygen atoms in total. The Labute approximate surface area is 142 Å². The molecule has 4 heteroatoms. The van der Waals surface area contributed by atoms with Crippen molar-refractivity contribution >= 4 is 0 Å². The molecule has 2 aromatic rings. The molecule has 1 saturated heterocycles. The number of rotatable bonds is 6. The van der Waals surface area contributed by atoms with Crippen molar-refractivity contribution in [2.75, 3.05) is 19.8 Å². The van der Waals surface area contributed by atoms with Crippen LogP contribution in [0, 0.1) is 5.82 Å². The van der Waals surface area contributed by atoms with E-state index in [0.717, 1.165) is 25.3 Å². The van der Waals surface area contributed by atoms with E-state index < -0.39 is 0 Å². The molecule has 128 valence electrons. The largest absolute Gasteiger partial charge is 0.491 e. The van der Waals surface area contributed by atoms with Crippen molar-refractivity contribution in [2.24, 2.45) is 0 Å². The lowest BCUT2D eigenvalue weighted by molar-refractivity contribution is 0.140. The van der Waals surface area contributed by atoms with Crippen LogP contribution in [0.2, 0.25) is 0 Å². The third-order valence-electron chi connectivity index (χ3n) is 4.54. The van der Waals surface area contributed by atoms with E-state index in [0.29, 0.717) is 12.6 Å². The first-order valence-electron chi connectivity index (χ1n) is 8.58. The standard InChI is InChI=1S/C20H24FNO2/c21-18-8-6-17(7-9-18)20-3-1-2-12-22(20)15-16-4-10-19(11-5-16)24-14-13-23/h4-11,20,23H,1-3,12-15H2/t20-/m1/s1. The summed E-state index contributed by atoms with van der Waals surface area (Å²) in [4.78, 5) is 2.47. The zero-order chi connectivity index (χ0) is 16.8. The maximum atomic E-state index is 13.2. The summed E-state index contributed by atoms with van der Waals surface area (Å²) in [6.07, 6.45) is 3.53. The maximum absolute atomic E-state index is 13.2. The van der Waals surface area contributed by atoms with Crippen molar-refractivity contribution < 1.29 is 14.2 Å². The van der Waals surface area contributed by atoms with Crippen LogP contribution < -0.4 is 4.74 Å². The topological polar surface area (TPSA) is 32.7 Å². The molecule has 0 radical (unpaired) electrons. The monoisotopic (exact) mass is 329 g/mol. The lowest BCUT2D eigenvalue weighted by atomic mass is 9.94. The molecular formula is C20H24FNO2. The smallest absolute Gasteiger partial charge is 0.123 e. The number of piperidine rings is 1. The highest BCUT2D eigenvalue weighted by atomic mass is 19.1. The molecule has 0 amide bonds. The molecule has 1 atom stereocenters. The van der Waals surface area contributed by atoms with Crippen LogP contribution in [0.3, 0.4) is 0 Å². The van der Waals surface area contributed by atoms with Gasteiger partial charge in [-0.1, -0.05) is 30.7 Å². The number of nitrogens with zero attached hydrogens (tertiary/aromatic N) is 1. The van der Waals surface area contributed by atoms with Gasteiger partial charge in [-0.3, -0.25) is 4.90 Å². The van der Waals surface area contributed by atoms with Gasteiger partial charge in [0.2, 0.25) is 0 Å². The predicted molar refractivity (Wildman–Crippen MR) is 92.4 cm³/mol. The third-order valence-corrected chi connectivity index (χ3v) is 4.54. The van der Waals surface area contributed by atoms with E-state index >= 15 is 0 Å². The summed E-state index contributed by atoms with van der Waals surface area (Å²) in [5.74, 6) is 0.598. The van der Waals surface area contributed by atoms with E-state index in [4.69, 9.17) is 9.84 Å². The van der Waals surface area contributed by atoms with E-state index in [9.17, 15) is 4.39 Å². The predicted octanol–water partition coefficient (Wildman–Crippen LogP) is 3.92. The van der Waals surface area contributed by atoms with Crippen LogP contribution in [-0.4, -0.2) is 29.8 Å². The Morgan fingerprint density at radius 3 is 2.50 bits per heavy atom. The maximum Gasteiger partial charge on any atom is 0.123 e. The Morgan fingerprint density at radius 2 is 1.79 bits per heavy atom. The van der Waals surface area contributed by atoms with Gasteiger partial charge in [0.1, 0.15) is 18.2 Å². The number of hydrogen-bond acceptors (Lipinski definition) is 3. The van der Waals surface area contributed by atoms with E-state index in [1.54, 1.807) is 12.1 Å². The van der Waals surface area contributed by atoms with Crippen molar-refractivity contribution in [3.63, 3.8) is 0 Å². The van der Waals surface area contributed by atoms with Gasteiger partial charge in [0.05, 0.1) is 6.61 Å². The highest BCUT2D eigenvalue weighted by Gasteiger charge is 2.23. The van der Waals surface area contributed by atoms with Crippen molar-refractivity contribution in [1.29, 1.82) is 0 Å². The first-order valence-corrected chi connectivity index (χ1v) is 8.58. The molecule has 0 aromatic heterocycles. The first kappa shape index (κ1) is 16.9. The molecule has 24 heavy (non-hydrogen) atoms. The number of benzene rings is 2. The molecule has 1 aliphatic rings. The average Bonchev–Trinajstić information content (AvgIpc) is 2.62. The van der Waals surface area contributed by atoms with Crippen molar-refractivity contribution in [3.8, 4) is 5.75 Å². The third kappa shape index (κ3) is 4.34. The molecule has 2 aromatic carbocycles. The molecule has 0 unspecified atom stereocenters. The second-order valence-electron chi connectivity index (χ2n) is 6.25. The van der Waals surface area contributed by atoms with Gasteiger partial charge < -0.3 is 9.84 Å². The van der Waals surface area contributed by atoms with Crippen LogP contribution in [0.1, 0.15) is 36.4 Å². The Bertz CT molecular complexity index is 627. The summed E-state index contributed by atoms with van der Waals surface area (Å²) in [5.41, 5.74) is 2.43. The summed E-state index contributed by atoms with van der Waals surface area (Å²) in [6, 6.07) is 15.3. The van der Waals surface area contributed by atoms with Crippen LogP contribution in [0.5, 0.6) is 5.75 Å². The minimum Gasteiger partial charge on any atom is -0.491 e. The van der Waals surface area contributed by atoms with Gasteiger partial charge in [-0.05, 0) is 54.8 Å². The lowest BCUT2D eigenvalue weighted by Gasteiger charge is -2.36. The molecule has 1 fully saturated rings. The van der Waals surface area contributed by atoms with Gasteiger partial charge in [0.25, 0.3) is 0 Å². The zero-order valence-corrected chi connectivity index (χ0v) is 13.8. The molecule has 3 rings (SSSR count). The van der Waals surface area contributed by atoms with Gasteiger partial charge in [-0.25, -0.2) is 4.39 Å². The molecule has 0 saturated carbocycles. The van der Waals surface area contributed by atoms with Crippen molar-refractivity contribution in [2.45, 2.75) is 31.8 Å². The van der Waals surface area contributed by atoms with Crippen LogP contribution in [0.4, 0.5) is 4.39 Å². The number of aliphatic hydroxyl groups is 1. The number of halogens is 1. The Balaban J connectivity index is 1.68. The number of aliphatic hydroxyl groups excluding tert-OH is 1. The zero-order valence-electron chi connectivity index (χ0n) is 13.8. The Kier molecular flexibility index (Phi) is 5.83. The minimum absolute atomic E-state index is 0.0227.